The standard InChI is InChI=1S/C17H22N2/c1-13-10-16(18)12-17(11-13)19-14(2)8-9-15-6-4-3-5-7-15/h3-7,10-12,14,19H,8-9,18H2,1-2H3. The average Bonchev–Trinajstić information content (AvgIpc) is 2.36. The molecule has 0 bridgehead atoms. The van der Waals surface area contributed by atoms with Crippen LogP contribution in [0.25, 0.3) is 0 Å². The van der Waals surface area contributed by atoms with Crippen molar-refractivity contribution < 1.29 is 0 Å². The lowest BCUT2D eigenvalue weighted by Crippen LogP contribution is -2.16. The fourth-order valence-corrected chi connectivity index (χ4v) is 2.28. The number of hydrogen-bond acceptors (Lipinski definition) is 2. The molecule has 0 aromatic heterocycles. The zero-order valence-corrected chi connectivity index (χ0v) is 11.7. The average molecular weight is 254 g/mol. The highest BCUT2D eigenvalue weighted by Crippen LogP contribution is 2.18. The molecule has 0 saturated carbocycles. The smallest absolute Gasteiger partial charge is 0.0365 e. The van der Waals surface area contributed by atoms with Crippen LogP contribution in [0.5, 0.6) is 0 Å². The lowest BCUT2D eigenvalue weighted by atomic mass is 10.1. The minimum absolute atomic E-state index is 0.432. The molecule has 0 amide bonds. The predicted molar refractivity (Wildman–Crippen MR) is 83.4 cm³/mol. The van der Waals surface area contributed by atoms with Crippen molar-refractivity contribution in [2.75, 3.05) is 11.1 Å². The van der Waals surface area contributed by atoms with E-state index >= 15 is 0 Å². The number of hydrogen-bond donors (Lipinski definition) is 2. The third kappa shape index (κ3) is 4.32. The van der Waals surface area contributed by atoms with Gasteiger partial charge in [0.05, 0.1) is 0 Å². The molecule has 1 unspecified atom stereocenters. The first-order chi connectivity index (χ1) is 9.13. The van der Waals surface area contributed by atoms with Crippen LogP contribution in [0.1, 0.15) is 24.5 Å². The molecule has 100 valence electrons. The van der Waals surface area contributed by atoms with Gasteiger partial charge in [0, 0.05) is 17.4 Å². The molecule has 1 atom stereocenters. The van der Waals surface area contributed by atoms with E-state index in [0.717, 1.165) is 24.2 Å². The summed E-state index contributed by atoms with van der Waals surface area (Å²) in [6, 6.07) is 17.1. The molecule has 0 aliphatic rings. The molecule has 19 heavy (non-hydrogen) atoms. The van der Waals surface area contributed by atoms with Crippen LogP contribution in [-0.2, 0) is 6.42 Å². The largest absolute Gasteiger partial charge is 0.399 e. The molecule has 3 N–H and O–H groups in total. The first-order valence-electron chi connectivity index (χ1n) is 6.81. The molecular weight excluding hydrogens is 232 g/mol. The Morgan fingerprint density at radius 2 is 1.84 bits per heavy atom. The minimum atomic E-state index is 0.432. The topological polar surface area (TPSA) is 38.0 Å². The van der Waals surface area contributed by atoms with E-state index in [1.165, 1.54) is 11.1 Å². The third-order valence-corrected chi connectivity index (χ3v) is 3.22. The Balaban J connectivity index is 1.89. The highest BCUT2D eigenvalue weighted by Gasteiger charge is 2.03. The monoisotopic (exact) mass is 254 g/mol. The van der Waals surface area contributed by atoms with Crippen molar-refractivity contribution in [2.45, 2.75) is 32.7 Å². The molecular formula is C17H22N2. The van der Waals surface area contributed by atoms with Gasteiger partial charge in [0.15, 0.2) is 0 Å². The van der Waals surface area contributed by atoms with Gasteiger partial charge in [-0.1, -0.05) is 30.3 Å². The molecule has 0 heterocycles. The summed E-state index contributed by atoms with van der Waals surface area (Å²) >= 11 is 0. The summed E-state index contributed by atoms with van der Waals surface area (Å²) in [6.45, 7) is 4.28. The maximum absolute atomic E-state index is 5.86. The molecule has 0 radical (unpaired) electrons. The van der Waals surface area contributed by atoms with E-state index in [4.69, 9.17) is 5.73 Å². The molecule has 0 aliphatic heterocycles. The van der Waals surface area contributed by atoms with Crippen molar-refractivity contribution in [2.24, 2.45) is 0 Å². The normalized spacial score (nSPS) is 12.1. The summed E-state index contributed by atoms with van der Waals surface area (Å²) in [5, 5.41) is 3.51. The lowest BCUT2D eigenvalue weighted by Gasteiger charge is -2.16. The Bertz CT molecular complexity index is 500. The van der Waals surface area contributed by atoms with Crippen LogP contribution in [0, 0.1) is 6.92 Å². The lowest BCUT2D eigenvalue weighted by molar-refractivity contribution is 0.706. The molecule has 0 spiro atoms. The Labute approximate surface area is 115 Å². The zero-order valence-electron chi connectivity index (χ0n) is 11.7. The van der Waals surface area contributed by atoms with Gasteiger partial charge in [0.25, 0.3) is 0 Å². The molecule has 0 fully saturated rings. The molecule has 2 aromatic carbocycles. The van der Waals surface area contributed by atoms with Gasteiger partial charge in [-0.15, -0.1) is 0 Å². The van der Waals surface area contributed by atoms with Crippen molar-refractivity contribution in [1.82, 2.24) is 0 Å². The molecule has 0 saturated heterocycles. The number of nitrogens with one attached hydrogen (secondary N) is 1. The van der Waals surface area contributed by atoms with Gasteiger partial charge in [0.2, 0.25) is 0 Å². The number of rotatable bonds is 5. The Morgan fingerprint density at radius 3 is 2.53 bits per heavy atom. The van der Waals surface area contributed by atoms with Gasteiger partial charge in [-0.05, 0) is 56.0 Å². The zero-order chi connectivity index (χ0) is 13.7. The van der Waals surface area contributed by atoms with E-state index in [1.54, 1.807) is 0 Å². The first-order valence-corrected chi connectivity index (χ1v) is 6.81. The van der Waals surface area contributed by atoms with Gasteiger partial charge < -0.3 is 11.1 Å². The van der Waals surface area contributed by atoms with E-state index in [2.05, 4.69) is 55.6 Å². The molecule has 0 aliphatic carbocycles. The van der Waals surface area contributed by atoms with Gasteiger partial charge in [0.1, 0.15) is 0 Å². The van der Waals surface area contributed by atoms with Crippen molar-refractivity contribution in [3.8, 4) is 0 Å². The fraction of sp³-hybridized carbons (Fsp3) is 0.294. The van der Waals surface area contributed by atoms with E-state index in [1.807, 2.05) is 12.1 Å². The first kappa shape index (κ1) is 13.5. The summed E-state index contributed by atoms with van der Waals surface area (Å²) in [6.07, 6.45) is 2.20. The number of aryl methyl sites for hydroxylation is 2. The van der Waals surface area contributed by atoms with E-state index < -0.39 is 0 Å². The van der Waals surface area contributed by atoms with Gasteiger partial charge in [-0.2, -0.15) is 0 Å². The second kappa shape index (κ2) is 6.28. The van der Waals surface area contributed by atoms with Crippen LogP contribution in [0.4, 0.5) is 11.4 Å². The summed E-state index contributed by atoms with van der Waals surface area (Å²) in [7, 11) is 0. The number of anilines is 2. The van der Waals surface area contributed by atoms with E-state index in [-0.39, 0.29) is 0 Å². The van der Waals surface area contributed by atoms with Crippen LogP contribution >= 0.6 is 0 Å². The van der Waals surface area contributed by atoms with E-state index in [0.29, 0.717) is 6.04 Å². The van der Waals surface area contributed by atoms with Crippen LogP contribution in [0.15, 0.2) is 48.5 Å². The van der Waals surface area contributed by atoms with Crippen LogP contribution < -0.4 is 11.1 Å². The Kier molecular flexibility index (Phi) is 4.45. The summed E-state index contributed by atoms with van der Waals surface area (Å²) in [5.74, 6) is 0. The van der Waals surface area contributed by atoms with Gasteiger partial charge in [-0.3, -0.25) is 0 Å². The number of nitrogens with two attached hydrogens (primary N) is 1. The highest BCUT2D eigenvalue weighted by atomic mass is 14.9. The van der Waals surface area contributed by atoms with Crippen LogP contribution in [0.2, 0.25) is 0 Å². The van der Waals surface area contributed by atoms with Crippen LogP contribution in [0.3, 0.4) is 0 Å². The summed E-state index contributed by atoms with van der Waals surface area (Å²) < 4.78 is 0. The van der Waals surface area contributed by atoms with Crippen molar-refractivity contribution >= 4 is 11.4 Å². The Morgan fingerprint density at radius 1 is 1.11 bits per heavy atom. The number of benzene rings is 2. The quantitative estimate of drug-likeness (QED) is 0.791. The second-order valence-corrected chi connectivity index (χ2v) is 5.20. The fourth-order valence-electron chi connectivity index (χ4n) is 2.28. The maximum Gasteiger partial charge on any atom is 0.0365 e. The molecule has 2 heteroatoms. The third-order valence-electron chi connectivity index (χ3n) is 3.22. The van der Waals surface area contributed by atoms with Gasteiger partial charge >= 0.3 is 0 Å². The molecule has 2 rings (SSSR count). The maximum atomic E-state index is 5.86. The number of nitrogen functional groups attached to an aromatic ring is 1. The second-order valence-electron chi connectivity index (χ2n) is 5.20. The summed E-state index contributed by atoms with van der Waals surface area (Å²) in [4.78, 5) is 0. The van der Waals surface area contributed by atoms with Gasteiger partial charge in [-0.25, -0.2) is 0 Å². The Hall–Kier alpha value is -1.96. The van der Waals surface area contributed by atoms with Crippen molar-refractivity contribution in [3.63, 3.8) is 0 Å². The van der Waals surface area contributed by atoms with Crippen LogP contribution in [-0.4, -0.2) is 6.04 Å². The van der Waals surface area contributed by atoms with E-state index in [9.17, 15) is 0 Å². The van der Waals surface area contributed by atoms with Crippen molar-refractivity contribution in [3.05, 3.63) is 59.7 Å². The predicted octanol–water partition coefficient (Wildman–Crippen LogP) is 4.01. The van der Waals surface area contributed by atoms with Crippen molar-refractivity contribution in [1.29, 1.82) is 0 Å². The molecule has 2 aromatic rings. The highest BCUT2D eigenvalue weighted by molar-refractivity contribution is 5.57. The summed E-state index contributed by atoms with van der Waals surface area (Å²) in [5.41, 5.74) is 10.4. The molecule has 2 nitrogen and oxygen atoms in total. The minimum Gasteiger partial charge on any atom is -0.399 e. The SMILES string of the molecule is Cc1cc(N)cc(NC(C)CCc2ccccc2)c1.